The Morgan fingerprint density at radius 1 is 1.36 bits per heavy atom. The molecule has 0 fully saturated rings. The van der Waals surface area contributed by atoms with Crippen LogP contribution in [-0.4, -0.2) is 29.1 Å². The summed E-state index contributed by atoms with van der Waals surface area (Å²) in [6.07, 6.45) is 3.45. The summed E-state index contributed by atoms with van der Waals surface area (Å²) in [6.45, 7) is 2.76. The van der Waals surface area contributed by atoms with Crippen LogP contribution in [0.4, 0.5) is 0 Å². The summed E-state index contributed by atoms with van der Waals surface area (Å²) in [5.74, 6) is 0.493. The lowest BCUT2D eigenvalue weighted by Crippen LogP contribution is -2.29. The van der Waals surface area contributed by atoms with E-state index in [4.69, 9.17) is 9.84 Å². The Morgan fingerprint density at radius 3 is 2.95 bits per heavy atom. The predicted octanol–water partition coefficient (Wildman–Crippen LogP) is 2.02. The quantitative estimate of drug-likeness (QED) is 0.820. The summed E-state index contributed by atoms with van der Waals surface area (Å²) in [5.41, 5.74) is 1.50. The zero-order chi connectivity index (χ0) is 15.8. The number of carbonyl (C=O) groups is 1. The zero-order valence-corrected chi connectivity index (χ0v) is 12.5. The van der Waals surface area contributed by atoms with Crippen molar-refractivity contribution >= 4 is 5.91 Å². The van der Waals surface area contributed by atoms with Gasteiger partial charge >= 0.3 is 0 Å². The van der Waals surface area contributed by atoms with E-state index in [1.807, 2.05) is 25.1 Å². The fourth-order valence-corrected chi connectivity index (χ4v) is 1.81. The van der Waals surface area contributed by atoms with Crippen LogP contribution in [0.5, 0.6) is 5.75 Å². The first kappa shape index (κ1) is 16.0. The van der Waals surface area contributed by atoms with Crippen LogP contribution >= 0.6 is 0 Å². The molecule has 0 radical (unpaired) electrons. The lowest BCUT2D eigenvalue weighted by Gasteiger charge is -2.11. The number of pyridine rings is 1. The van der Waals surface area contributed by atoms with Gasteiger partial charge in [-0.05, 0) is 30.2 Å². The van der Waals surface area contributed by atoms with Crippen LogP contribution in [0.2, 0.25) is 0 Å². The molecule has 0 saturated carbocycles. The number of rotatable bonds is 7. The number of carbonyl (C=O) groups excluding carboxylic acids is 1. The van der Waals surface area contributed by atoms with Gasteiger partial charge in [0.05, 0.1) is 0 Å². The molecule has 0 saturated heterocycles. The van der Waals surface area contributed by atoms with Gasteiger partial charge in [0.1, 0.15) is 12.4 Å². The third-order valence-electron chi connectivity index (χ3n) is 3.15. The number of aliphatic hydroxyl groups excluding tert-OH is 1. The molecule has 0 aliphatic carbocycles. The third-order valence-corrected chi connectivity index (χ3v) is 3.15. The summed E-state index contributed by atoms with van der Waals surface area (Å²) >= 11 is 0. The van der Waals surface area contributed by atoms with Crippen molar-refractivity contribution in [2.24, 2.45) is 5.92 Å². The van der Waals surface area contributed by atoms with E-state index in [-0.39, 0.29) is 18.4 Å². The van der Waals surface area contributed by atoms with Gasteiger partial charge in [0.25, 0.3) is 5.91 Å². The molecule has 1 amide bonds. The van der Waals surface area contributed by atoms with Gasteiger partial charge in [-0.1, -0.05) is 19.1 Å². The Kier molecular flexibility index (Phi) is 5.91. The Hall–Kier alpha value is -2.40. The fraction of sp³-hybridized carbons (Fsp3) is 0.294. The van der Waals surface area contributed by atoms with Crippen molar-refractivity contribution in [1.82, 2.24) is 10.3 Å². The molecule has 0 bridgehead atoms. The second-order valence-corrected chi connectivity index (χ2v) is 5.18. The molecule has 1 heterocycles. The molecule has 5 nitrogen and oxygen atoms in total. The van der Waals surface area contributed by atoms with Gasteiger partial charge in [-0.3, -0.25) is 9.78 Å². The van der Waals surface area contributed by atoms with Gasteiger partial charge in [0, 0.05) is 36.7 Å². The number of amides is 1. The monoisotopic (exact) mass is 300 g/mol. The number of nitrogens with zero attached hydrogens (tertiary/aromatic N) is 1. The van der Waals surface area contributed by atoms with Gasteiger partial charge in [0.2, 0.25) is 0 Å². The average Bonchev–Trinajstić information content (AvgIpc) is 2.58. The van der Waals surface area contributed by atoms with Crippen molar-refractivity contribution in [2.75, 3.05) is 13.2 Å². The first-order valence-electron chi connectivity index (χ1n) is 7.20. The van der Waals surface area contributed by atoms with E-state index in [1.165, 1.54) is 0 Å². The predicted molar refractivity (Wildman–Crippen MR) is 83.6 cm³/mol. The van der Waals surface area contributed by atoms with Gasteiger partial charge < -0.3 is 15.2 Å². The summed E-state index contributed by atoms with van der Waals surface area (Å²) < 4.78 is 5.67. The van der Waals surface area contributed by atoms with Crippen LogP contribution in [0.25, 0.3) is 0 Å². The van der Waals surface area contributed by atoms with Crippen LogP contribution in [0, 0.1) is 5.92 Å². The number of aliphatic hydroxyl groups is 1. The Morgan fingerprint density at radius 2 is 2.23 bits per heavy atom. The normalized spacial score (nSPS) is 11.7. The maximum Gasteiger partial charge on any atom is 0.251 e. The van der Waals surface area contributed by atoms with E-state index in [2.05, 4.69) is 10.3 Å². The highest BCUT2D eigenvalue weighted by Gasteiger charge is 2.08. The topological polar surface area (TPSA) is 71.5 Å². The molecular formula is C17H20N2O3. The molecule has 1 atom stereocenters. The van der Waals surface area contributed by atoms with E-state index in [0.717, 1.165) is 5.56 Å². The number of nitrogens with one attached hydrogen (secondary N) is 1. The van der Waals surface area contributed by atoms with Crippen molar-refractivity contribution in [1.29, 1.82) is 0 Å². The molecule has 2 aromatic rings. The van der Waals surface area contributed by atoms with Crippen LogP contribution in [0.1, 0.15) is 22.8 Å². The first-order valence-corrected chi connectivity index (χ1v) is 7.20. The minimum Gasteiger partial charge on any atom is -0.489 e. The van der Waals surface area contributed by atoms with Crippen molar-refractivity contribution in [3.8, 4) is 5.75 Å². The highest BCUT2D eigenvalue weighted by Crippen LogP contribution is 2.15. The van der Waals surface area contributed by atoms with Gasteiger partial charge in [0.15, 0.2) is 0 Å². The Labute approximate surface area is 130 Å². The van der Waals surface area contributed by atoms with Gasteiger partial charge in [-0.2, -0.15) is 0 Å². The Balaban J connectivity index is 1.93. The minimum atomic E-state index is -0.174. The van der Waals surface area contributed by atoms with Crippen molar-refractivity contribution in [3.05, 3.63) is 59.9 Å². The van der Waals surface area contributed by atoms with Crippen LogP contribution in [0.3, 0.4) is 0 Å². The molecular weight excluding hydrogens is 280 g/mol. The zero-order valence-electron chi connectivity index (χ0n) is 12.5. The van der Waals surface area contributed by atoms with Crippen LogP contribution < -0.4 is 10.1 Å². The number of aromatic nitrogens is 1. The SMILES string of the molecule is CC(CO)CNC(=O)c1cccc(OCc2cccnc2)c1. The number of hydrogen-bond donors (Lipinski definition) is 2. The van der Waals surface area contributed by atoms with Crippen LogP contribution in [-0.2, 0) is 6.61 Å². The fourth-order valence-electron chi connectivity index (χ4n) is 1.81. The molecule has 0 aliphatic heterocycles. The first-order chi connectivity index (χ1) is 10.7. The lowest BCUT2D eigenvalue weighted by atomic mass is 10.1. The molecule has 0 aliphatic rings. The van der Waals surface area contributed by atoms with Crippen molar-refractivity contribution < 1.29 is 14.6 Å². The average molecular weight is 300 g/mol. The highest BCUT2D eigenvalue weighted by molar-refractivity contribution is 5.94. The smallest absolute Gasteiger partial charge is 0.251 e. The number of hydrogen-bond acceptors (Lipinski definition) is 4. The molecule has 1 aromatic heterocycles. The summed E-state index contributed by atoms with van der Waals surface area (Å²) in [5, 5.41) is 11.8. The van der Waals surface area contributed by atoms with E-state index in [9.17, 15) is 4.79 Å². The standard InChI is InChI=1S/C17H20N2O3/c1-13(11-20)9-19-17(21)15-5-2-6-16(8-15)22-12-14-4-3-7-18-10-14/h2-8,10,13,20H,9,11-12H2,1H3,(H,19,21). The minimum absolute atomic E-state index is 0.0361. The second-order valence-electron chi connectivity index (χ2n) is 5.18. The molecule has 22 heavy (non-hydrogen) atoms. The molecule has 116 valence electrons. The van der Waals surface area contributed by atoms with E-state index >= 15 is 0 Å². The second kappa shape index (κ2) is 8.14. The van der Waals surface area contributed by atoms with Crippen molar-refractivity contribution in [2.45, 2.75) is 13.5 Å². The number of ether oxygens (including phenoxy) is 1. The lowest BCUT2D eigenvalue weighted by molar-refractivity contribution is 0.0942. The van der Waals surface area contributed by atoms with E-state index in [1.54, 1.807) is 30.6 Å². The van der Waals surface area contributed by atoms with Gasteiger partial charge in [-0.25, -0.2) is 0 Å². The largest absolute Gasteiger partial charge is 0.489 e. The maximum atomic E-state index is 12.0. The molecule has 1 aromatic carbocycles. The Bertz CT molecular complexity index is 602. The van der Waals surface area contributed by atoms with Crippen molar-refractivity contribution in [3.63, 3.8) is 0 Å². The maximum absolute atomic E-state index is 12.0. The molecule has 2 N–H and O–H groups in total. The summed E-state index contributed by atoms with van der Waals surface area (Å²) in [6, 6.07) is 10.8. The van der Waals surface area contributed by atoms with Crippen LogP contribution in [0.15, 0.2) is 48.8 Å². The van der Waals surface area contributed by atoms with Gasteiger partial charge in [-0.15, -0.1) is 0 Å². The summed E-state index contributed by atoms with van der Waals surface area (Å²) in [7, 11) is 0. The van der Waals surface area contributed by atoms with E-state index in [0.29, 0.717) is 24.5 Å². The third kappa shape index (κ3) is 4.86. The summed E-state index contributed by atoms with van der Waals surface area (Å²) in [4.78, 5) is 16.1. The molecule has 5 heteroatoms. The number of benzene rings is 1. The molecule has 1 unspecified atom stereocenters. The van der Waals surface area contributed by atoms with E-state index < -0.39 is 0 Å². The molecule has 0 spiro atoms. The molecule has 2 rings (SSSR count). The highest BCUT2D eigenvalue weighted by atomic mass is 16.5.